The summed E-state index contributed by atoms with van der Waals surface area (Å²) in [4.78, 5) is 14.4. The Morgan fingerprint density at radius 2 is 2.25 bits per heavy atom. The van der Waals surface area contributed by atoms with E-state index < -0.39 is 0 Å². The number of nitrogens with one attached hydrogen (secondary N) is 1. The zero-order valence-corrected chi connectivity index (χ0v) is 12.0. The molecule has 1 heterocycles. The van der Waals surface area contributed by atoms with Crippen LogP contribution in [0.3, 0.4) is 0 Å². The summed E-state index contributed by atoms with van der Waals surface area (Å²) in [5.74, 6) is 0.974. The highest BCUT2D eigenvalue weighted by molar-refractivity contribution is 5.92. The van der Waals surface area contributed by atoms with E-state index in [1.807, 2.05) is 24.3 Å². The molecule has 4 heteroatoms. The summed E-state index contributed by atoms with van der Waals surface area (Å²) < 4.78 is 5.41. The zero-order chi connectivity index (χ0) is 14.4. The van der Waals surface area contributed by atoms with Gasteiger partial charge in [-0.1, -0.05) is 12.7 Å². The van der Waals surface area contributed by atoms with Crippen LogP contribution in [0.15, 0.2) is 36.9 Å². The van der Waals surface area contributed by atoms with E-state index in [9.17, 15) is 4.79 Å². The molecule has 108 valence electrons. The van der Waals surface area contributed by atoms with Gasteiger partial charge in [-0.15, -0.1) is 0 Å². The van der Waals surface area contributed by atoms with E-state index in [4.69, 9.17) is 4.74 Å². The van der Waals surface area contributed by atoms with Gasteiger partial charge in [0, 0.05) is 12.2 Å². The molecule has 1 aliphatic rings. The van der Waals surface area contributed by atoms with Gasteiger partial charge < -0.3 is 15.0 Å². The zero-order valence-electron chi connectivity index (χ0n) is 12.0. The minimum Gasteiger partial charge on any atom is -0.490 e. The molecule has 20 heavy (non-hydrogen) atoms. The molecule has 0 saturated carbocycles. The molecule has 1 aromatic rings. The number of hydrogen-bond donors (Lipinski definition) is 1. The van der Waals surface area contributed by atoms with Gasteiger partial charge in [-0.3, -0.25) is 4.79 Å². The smallest absolute Gasteiger partial charge is 0.228 e. The standard InChI is InChI=1S/C16H22N2O2/c1-3-11-20-15-8-6-14(7-9-15)17-16(19)13-5-4-10-18(2)12-13/h3,6-9,13H,1,4-5,10-12H2,2H3,(H,17,19)/t13-/m0/s1. The number of amides is 1. The molecule has 0 spiro atoms. The molecular formula is C16H22N2O2. The molecule has 4 nitrogen and oxygen atoms in total. The molecule has 0 bridgehead atoms. The lowest BCUT2D eigenvalue weighted by Crippen LogP contribution is -2.38. The fraction of sp³-hybridized carbons (Fsp3) is 0.438. The number of piperidine rings is 1. The molecule has 1 amide bonds. The van der Waals surface area contributed by atoms with Crippen molar-refractivity contribution < 1.29 is 9.53 Å². The lowest BCUT2D eigenvalue weighted by molar-refractivity contribution is -0.121. The topological polar surface area (TPSA) is 41.6 Å². The molecule has 1 N–H and O–H groups in total. The third-order valence-electron chi connectivity index (χ3n) is 3.48. The Morgan fingerprint density at radius 1 is 1.50 bits per heavy atom. The fourth-order valence-electron chi connectivity index (χ4n) is 2.41. The summed E-state index contributed by atoms with van der Waals surface area (Å²) in [6.07, 6.45) is 3.76. The van der Waals surface area contributed by atoms with E-state index in [-0.39, 0.29) is 11.8 Å². The summed E-state index contributed by atoms with van der Waals surface area (Å²) in [6.45, 7) is 6.01. The lowest BCUT2D eigenvalue weighted by atomic mass is 9.97. The molecule has 1 saturated heterocycles. The van der Waals surface area contributed by atoms with Gasteiger partial charge in [0.05, 0.1) is 5.92 Å². The summed E-state index contributed by atoms with van der Waals surface area (Å²) >= 11 is 0. The second-order valence-corrected chi connectivity index (χ2v) is 5.21. The van der Waals surface area contributed by atoms with Crippen LogP contribution in [-0.2, 0) is 4.79 Å². The number of carbonyl (C=O) groups is 1. The SMILES string of the molecule is C=CCOc1ccc(NC(=O)[C@H]2CCCN(C)C2)cc1. The van der Waals surface area contributed by atoms with Gasteiger partial charge in [0.1, 0.15) is 12.4 Å². The first kappa shape index (κ1) is 14.6. The first-order valence-electron chi connectivity index (χ1n) is 7.02. The summed E-state index contributed by atoms with van der Waals surface area (Å²) in [7, 11) is 2.06. The Balaban J connectivity index is 1.88. The first-order chi connectivity index (χ1) is 9.69. The summed E-state index contributed by atoms with van der Waals surface area (Å²) in [6, 6.07) is 7.43. The van der Waals surface area contributed by atoms with Crippen LogP contribution < -0.4 is 10.1 Å². The Labute approximate surface area is 120 Å². The third-order valence-corrected chi connectivity index (χ3v) is 3.48. The number of nitrogens with zero attached hydrogens (tertiary/aromatic N) is 1. The van der Waals surface area contributed by atoms with E-state index >= 15 is 0 Å². The van der Waals surface area contributed by atoms with Gasteiger partial charge in [0.25, 0.3) is 0 Å². The van der Waals surface area contributed by atoms with Crippen LogP contribution in [0.5, 0.6) is 5.75 Å². The first-order valence-corrected chi connectivity index (χ1v) is 7.02. The average Bonchev–Trinajstić information content (AvgIpc) is 2.46. The van der Waals surface area contributed by atoms with Crippen molar-refractivity contribution in [3.8, 4) is 5.75 Å². The average molecular weight is 274 g/mol. The maximum absolute atomic E-state index is 12.2. The van der Waals surface area contributed by atoms with Crippen LogP contribution in [0, 0.1) is 5.92 Å². The molecule has 0 aliphatic carbocycles. The number of ether oxygens (including phenoxy) is 1. The maximum Gasteiger partial charge on any atom is 0.228 e. The Kier molecular flexibility index (Phi) is 5.18. The van der Waals surface area contributed by atoms with Gasteiger partial charge in [-0.2, -0.15) is 0 Å². The minimum absolute atomic E-state index is 0.0884. The second kappa shape index (κ2) is 7.10. The molecule has 2 rings (SSSR count). The van der Waals surface area contributed by atoms with Crippen LogP contribution in [0.25, 0.3) is 0 Å². The Bertz CT molecular complexity index is 456. The van der Waals surface area contributed by atoms with Crippen molar-refractivity contribution in [2.24, 2.45) is 5.92 Å². The number of hydrogen-bond acceptors (Lipinski definition) is 3. The fourth-order valence-corrected chi connectivity index (χ4v) is 2.41. The Morgan fingerprint density at radius 3 is 2.90 bits per heavy atom. The van der Waals surface area contributed by atoms with Crippen molar-refractivity contribution >= 4 is 11.6 Å². The van der Waals surface area contributed by atoms with Gasteiger partial charge in [-0.05, 0) is 50.7 Å². The number of likely N-dealkylation sites (tertiary alicyclic amines) is 1. The highest BCUT2D eigenvalue weighted by Crippen LogP contribution is 2.19. The molecule has 1 aromatic carbocycles. The van der Waals surface area contributed by atoms with Crippen LogP contribution in [0.4, 0.5) is 5.69 Å². The van der Waals surface area contributed by atoms with E-state index in [0.717, 1.165) is 37.4 Å². The number of benzene rings is 1. The molecular weight excluding hydrogens is 252 g/mol. The van der Waals surface area contributed by atoms with E-state index in [1.54, 1.807) is 6.08 Å². The molecule has 1 fully saturated rings. The lowest BCUT2D eigenvalue weighted by Gasteiger charge is -2.28. The van der Waals surface area contributed by atoms with Crippen LogP contribution in [0.1, 0.15) is 12.8 Å². The van der Waals surface area contributed by atoms with Crippen LogP contribution in [0.2, 0.25) is 0 Å². The largest absolute Gasteiger partial charge is 0.490 e. The van der Waals surface area contributed by atoms with Crippen molar-refractivity contribution in [3.05, 3.63) is 36.9 Å². The quantitative estimate of drug-likeness (QED) is 0.839. The van der Waals surface area contributed by atoms with E-state index in [1.165, 1.54) is 0 Å². The van der Waals surface area contributed by atoms with Gasteiger partial charge in [-0.25, -0.2) is 0 Å². The highest BCUT2D eigenvalue weighted by atomic mass is 16.5. The van der Waals surface area contributed by atoms with Gasteiger partial charge in [0.2, 0.25) is 5.91 Å². The van der Waals surface area contributed by atoms with Crippen molar-refractivity contribution in [3.63, 3.8) is 0 Å². The van der Waals surface area contributed by atoms with Gasteiger partial charge in [0.15, 0.2) is 0 Å². The van der Waals surface area contributed by atoms with Crippen molar-refractivity contribution in [2.45, 2.75) is 12.8 Å². The summed E-state index contributed by atoms with van der Waals surface area (Å²) in [5, 5.41) is 2.97. The molecule has 1 aliphatic heterocycles. The normalized spacial score (nSPS) is 19.4. The molecule has 0 unspecified atom stereocenters. The maximum atomic E-state index is 12.2. The van der Waals surface area contributed by atoms with E-state index in [0.29, 0.717) is 6.61 Å². The minimum atomic E-state index is 0.0884. The number of rotatable bonds is 5. The monoisotopic (exact) mass is 274 g/mol. The third kappa shape index (κ3) is 4.10. The predicted octanol–water partition coefficient (Wildman–Crippen LogP) is 2.53. The molecule has 0 radical (unpaired) electrons. The van der Waals surface area contributed by atoms with Crippen LogP contribution in [-0.4, -0.2) is 37.6 Å². The highest BCUT2D eigenvalue weighted by Gasteiger charge is 2.23. The summed E-state index contributed by atoms with van der Waals surface area (Å²) in [5.41, 5.74) is 0.814. The molecule has 1 atom stereocenters. The van der Waals surface area contributed by atoms with Crippen molar-refractivity contribution in [2.75, 3.05) is 32.1 Å². The van der Waals surface area contributed by atoms with E-state index in [2.05, 4.69) is 23.8 Å². The van der Waals surface area contributed by atoms with Crippen molar-refractivity contribution in [1.82, 2.24) is 4.90 Å². The van der Waals surface area contributed by atoms with Gasteiger partial charge >= 0.3 is 0 Å². The predicted molar refractivity (Wildman–Crippen MR) is 81.0 cm³/mol. The number of carbonyl (C=O) groups excluding carboxylic acids is 1. The molecule has 0 aromatic heterocycles. The van der Waals surface area contributed by atoms with Crippen LogP contribution >= 0.6 is 0 Å². The number of anilines is 1. The van der Waals surface area contributed by atoms with Crippen molar-refractivity contribution in [1.29, 1.82) is 0 Å². The Hall–Kier alpha value is -1.81. The second-order valence-electron chi connectivity index (χ2n) is 5.21.